The minimum absolute atomic E-state index is 0.0399. The van der Waals surface area contributed by atoms with Gasteiger partial charge in [-0.3, -0.25) is 14.6 Å². The number of benzene rings is 3. The van der Waals surface area contributed by atoms with E-state index in [-0.39, 0.29) is 24.4 Å². The first-order chi connectivity index (χ1) is 19.5. The average molecular weight is 652 g/mol. The van der Waals surface area contributed by atoms with E-state index in [1.807, 2.05) is 89.6 Å². The van der Waals surface area contributed by atoms with Gasteiger partial charge >= 0.3 is 6.03 Å². The van der Waals surface area contributed by atoms with E-state index in [2.05, 4.69) is 40.0 Å². The lowest BCUT2D eigenvalue weighted by molar-refractivity contribution is -0.158. The molecule has 3 aromatic rings. The molecule has 9 heteroatoms. The maximum absolute atomic E-state index is 14.0. The number of hydrogen-bond donors (Lipinski definition) is 1. The molecule has 208 valence electrons. The Hall–Kier alpha value is -3.44. The summed E-state index contributed by atoms with van der Waals surface area (Å²) >= 11 is 2.34. The van der Waals surface area contributed by atoms with E-state index in [1.165, 1.54) is 5.56 Å². The molecular weight excluding hydrogens is 617 g/mol. The molecule has 0 spiro atoms. The van der Waals surface area contributed by atoms with Crippen molar-refractivity contribution in [2.75, 3.05) is 19.6 Å². The number of carbonyl (C=O) groups excluding carboxylic acids is 3. The van der Waals surface area contributed by atoms with Gasteiger partial charge in [0.15, 0.2) is 0 Å². The topological polar surface area (TPSA) is 76.2 Å². The minimum atomic E-state index is -0.750. The summed E-state index contributed by atoms with van der Waals surface area (Å²) < 4.78 is 0.837. The Balaban J connectivity index is 1.46. The third-order valence-electron chi connectivity index (χ3n) is 7.46. The van der Waals surface area contributed by atoms with Gasteiger partial charge in [-0.05, 0) is 28.7 Å². The summed E-state index contributed by atoms with van der Waals surface area (Å²) in [6, 6.07) is 26.4. The van der Waals surface area contributed by atoms with Crippen LogP contribution in [-0.2, 0) is 27.1 Å². The number of nitrogens with zero attached hydrogens (tertiary/aromatic N) is 4. The van der Waals surface area contributed by atoms with Crippen molar-refractivity contribution in [2.45, 2.75) is 43.1 Å². The Morgan fingerprint density at radius 3 is 2.27 bits per heavy atom. The second kappa shape index (κ2) is 12.8. The molecule has 0 aliphatic carbocycles. The molecule has 3 aromatic carbocycles. The Morgan fingerprint density at radius 2 is 1.60 bits per heavy atom. The fraction of sp³-hybridized carbons (Fsp3) is 0.323. The molecule has 8 nitrogen and oxygen atoms in total. The van der Waals surface area contributed by atoms with Crippen molar-refractivity contribution in [3.8, 4) is 0 Å². The summed E-state index contributed by atoms with van der Waals surface area (Å²) in [5, 5.41) is 6.53. The Kier molecular flexibility index (Phi) is 9.01. The number of urea groups is 1. The maximum Gasteiger partial charge on any atom is 0.332 e. The van der Waals surface area contributed by atoms with Crippen molar-refractivity contribution in [1.29, 1.82) is 0 Å². The summed E-state index contributed by atoms with van der Waals surface area (Å²) in [7, 11) is 0. The highest BCUT2D eigenvalue weighted by atomic mass is 127. The first-order valence-corrected chi connectivity index (χ1v) is 15.2. The predicted molar refractivity (Wildman–Crippen MR) is 162 cm³/mol. The lowest BCUT2D eigenvalue weighted by atomic mass is 9.99. The SMILES string of the molecule is CCCN(C(=O)NCc1ccccc1)N1CC(=O)N2[C@@H](c3ccccc3)C(=O)N(Cc3ccccc3CI)C[C@@H]21. The number of halogens is 1. The Labute approximate surface area is 249 Å². The molecular formula is C31H34IN5O3. The van der Waals surface area contributed by atoms with Gasteiger partial charge in [0.05, 0.1) is 13.1 Å². The molecule has 0 saturated carbocycles. The first-order valence-electron chi connectivity index (χ1n) is 13.6. The van der Waals surface area contributed by atoms with Crippen molar-refractivity contribution >= 4 is 40.4 Å². The van der Waals surface area contributed by atoms with Crippen molar-refractivity contribution < 1.29 is 14.4 Å². The molecule has 2 fully saturated rings. The number of alkyl halides is 1. The highest BCUT2D eigenvalue weighted by molar-refractivity contribution is 14.1. The average Bonchev–Trinajstić information content (AvgIpc) is 3.31. The van der Waals surface area contributed by atoms with E-state index in [1.54, 1.807) is 9.91 Å². The molecule has 2 saturated heterocycles. The van der Waals surface area contributed by atoms with E-state index < -0.39 is 12.2 Å². The number of amides is 4. The minimum Gasteiger partial charge on any atom is -0.333 e. The summed E-state index contributed by atoms with van der Waals surface area (Å²) in [5.74, 6) is -0.257. The van der Waals surface area contributed by atoms with Crippen LogP contribution in [0.1, 0.15) is 41.6 Å². The van der Waals surface area contributed by atoms with Crippen LogP contribution in [0.3, 0.4) is 0 Å². The van der Waals surface area contributed by atoms with Crippen LogP contribution in [0, 0.1) is 0 Å². The molecule has 0 bridgehead atoms. The highest BCUT2D eigenvalue weighted by Gasteiger charge is 2.52. The van der Waals surface area contributed by atoms with Gasteiger partial charge in [-0.25, -0.2) is 4.79 Å². The van der Waals surface area contributed by atoms with Gasteiger partial charge < -0.3 is 15.1 Å². The van der Waals surface area contributed by atoms with Crippen LogP contribution in [0.15, 0.2) is 84.9 Å². The van der Waals surface area contributed by atoms with Gasteiger partial charge in [-0.1, -0.05) is 114 Å². The largest absolute Gasteiger partial charge is 0.333 e. The smallest absolute Gasteiger partial charge is 0.332 e. The van der Waals surface area contributed by atoms with Gasteiger partial charge in [0.1, 0.15) is 12.2 Å². The number of fused-ring (bicyclic) bond motifs is 1. The van der Waals surface area contributed by atoms with E-state index in [9.17, 15) is 14.4 Å². The zero-order valence-corrected chi connectivity index (χ0v) is 24.7. The summed E-state index contributed by atoms with van der Waals surface area (Å²) in [5.41, 5.74) is 4.04. The Morgan fingerprint density at radius 1 is 0.950 bits per heavy atom. The lowest BCUT2D eigenvalue weighted by Crippen LogP contribution is -2.62. The third-order valence-corrected chi connectivity index (χ3v) is 8.28. The molecule has 0 aromatic heterocycles. The standard InChI is InChI=1S/C31H34IN5O3/c1-2-17-35(31(40)33-19-23-11-5-3-6-12-23)36-22-28(38)37-27(36)21-34(20-26-16-10-9-15-25(26)18-32)30(39)29(37)24-13-7-4-8-14-24/h3-16,27,29H,2,17-22H2,1H3,(H,33,40)/t27-,29+/m1/s1. The van der Waals surface area contributed by atoms with E-state index in [0.29, 0.717) is 26.2 Å². The number of piperazine rings is 1. The molecule has 2 heterocycles. The van der Waals surface area contributed by atoms with Gasteiger partial charge in [0.2, 0.25) is 5.91 Å². The fourth-order valence-electron chi connectivity index (χ4n) is 5.51. The molecule has 2 aliphatic rings. The molecule has 40 heavy (non-hydrogen) atoms. The fourth-order valence-corrected chi connectivity index (χ4v) is 6.26. The number of nitrogens with one attached hydrogen (secondary N) is 1. The van der Waals surface area contributed by atoms with Crippen molar-refractivity contribution in [3.05, 3.63) is 107 Å². The number of hydrazine groups is 1. The van der Waals surface area contributed by atoms with E-state index in [0.717, 1.165) is 27.5 Å². The summed E-state index contributed by atoms with van der Waals surface area (Å²) in [6.07, 6.45) is 0.264. The molecule has 2 atom stereocenters. The van der Waals surface area contributed by atoms with Crippen molar-refractivity contribution in [2.24, 2.45) is 0 Å². The summed E-state index contributed by atoms with van der Waals surface area (Å²) in [4.78, 5) is 44.7. The van der Waals surface area contributed by atoms with Crippen molar-refractivity contribution in [3.63, 3.8) is 0 Å². The zero-order chi connectivity index (χ0) is 28.1. The Bertz CT molecular complexity index is 1340. The zero-order valence-electron chi connectivity index (χ0n) is 22.6. The molecule has 1 N–H and O–H groups in total. The lowest BCUT2D eigenvalue weighted by Gasteiger charge is -2.46. The molecule has 5 rings (SSSR count). The van der Waals surface area contributed by atoms with Gasteiger partial charge in [-0.2, -0.15) is 5.01 Å². The normalized spacial score (nSPS) is 19.1. The van der Waals surface area contributed by atoms with E-state index in [4.69, 9.17) is 0 Å². The predicted octanol–water partition coefficient (Wildman–Crippen LogP) is 4.71. The molecule has 0 radical (unpaired) electrons. The quantitative estimate of drug-likeness (QED) is 0.269. The molecule has 4 amide bonds. The third kappa shape index (κ3) is 5.85. The van der Waals surface area contributed by atoms with Crippen LogP contribution in [0.4, 0.5) is 4.79 Å². The monoisotopic (exact) mass is 651 g/mol. The van der Waals surface area contributed by atoms with Crippen LogP contribution in [0.2, 0.25) is 0 Å². The van der Waals surface area contributed by atoms with Crippen LogP contribution in [0.5, 0.6) is 0 Å². The number of carbonyl (C=O) groups is 3. The first kappa shape index (κ1) is 28.1. The molecule has 2 aliphatic heterocycles. The van der Waals surface area contributed by atoms with Gasteiger partial charge in [0, 0.05) is 24.1 Å². The van der Waals surface area contributed by atoms with E-state index >= 15 is 0 Å². The van der Waals surface area contributed by atoms with Crippen LogP contribution < -0.4 is 5.32 Å². The van der Waals surface area contributed by atoms with Crippen LogP contribution in [-0.4, -0.2) is 63.5 Å². The van der Waals surface area contributed by atoms with Crippen molar-refractivity contribution in [1.82, 2.24) is 25.1 Å². The summed E-state index contributed by atoms with van der Waals surface area (Å²) in [6.45, 7) is 3.66. The van der Waals surface area contributed by atoms with Crippen LogP contribution >= 0.6 is 22.6 Å². The second-order valence-electron chi connectivity index (χ2n) is 10.1. The second-order valence-corrected chi connectivity index (χ2v) is 10.8. The highest BCUT2D eigenvalue weighted by Crippen LogP contribution is 2.36. The van der Waals surface area contributed by atoms with Gasteiger partial charge in [-0.15, -0.1) is 0 Å². The number of rotatable bonds is 9. The number of hydrogen-bond acceptors (Lipinski definition) is 4. The molecule has 0 unspecified atom stereocenters. The van der Waals surface area contributed by atoms with Crippen LogP contribution in [0.25, 0.3) is 0 Å². The maximum atomic E-state index is 14.0. The van der Waals surface area contributed by atoms with Gasteiger partial charge in [0.25, 0.3) is 5.91 Å².